The minimum atomic E-state index is -3.45. The van der Waals surface area contributed by atoms with E-state index in [-0.39, 0.29) is 29.7 Å². The number of hydrogen-bond acceptors (Lipinski definition) is 12. The number of hydrogen-bond donors (Lipinski definition) is 4. The number of nitrogens with one attached hydrogen (secondary N) is 1. The van der Waals surface area contributed by atoms with Crippen LogP contribution in [-0.2, 0) is 30.6 Å². The second-order valence-corrected chi connectivity index (χ2v) is 12.2. The Bertz CT molecular complexity index is 1420. The Balaban J connectivity index is 1.57. The van der Waals surface area contributed by atoms with Crippen LogP contribution in [0.15, 0.2) is 43.0 Å². The second kappa shape index (κ2) is 11.5. The van der Waals surface area contributed by atoms with Crippen LogP contribution in [0.5, 0.6) is 5.75 Å². The van der Waals surface area contributed by atoms with E-state index in [0.29, 0.717) is 5.75 Å². The molecule has 5 N–H and O–H groups in total. The smallest absolute Gasteiger partial charge is 0.323 e. The molecule has 39 heavy (non-hydrogen) atoms. The highest BCUT2D eigenvalue weighted by molar-refractivity contribution is 8.09. The molecule has 3 aromatic rings. The third kappa shape index (κ3) is 6.05. The van der Waals surface area contributed by atoms with Gasteiger partial charge in [0.2, 0.25) is 0 Å². The Morgan fingerprint density at radius 2 is 2.05 bits per heavy atom. The van der Waals surface area contributed by atoms with Crippen LogP contribution in [0.25, 0.3) is 11.2 Å². The minimum absolute atomic E-state index is 0.122. The molecule has 4 rings (SSSR count). The Kier molecular flexibility index (Phi) is 8.53. The maximum absolute atomic E-state index is 12.5. The zero-order valence-corrected chi connectivity index (χ0v) is 23.1. The number of imidazole rings is 1. The van der Waals surface area contributed by atoms with Crippen molar-refractivity contribution in [3.63, 3.8) is 0 Å². The number of nitrogens with zero attached hydrogens (tertiary/aromatic N) is 4. The summed E-state index contributed by atoms with van der Waals surface area (Å²) in [5, 5.41) is 25.2. The number of rotatable bonds is 10. The Morgan fingerprint density at radius 3 is 2.72 bits per heavy atom. The average Bonchev–Trinajstić information content (AvgIpc) is 3.43. The SMILES string of the molecule is C#C[C@@]1(O)[C@H](O)C(COP(=S)(N[C@@H](C)C(=O)OC(C)C)Oc2ccccc2)O[C@H]1n1cnc2c(N)ncnc21. The largest absolute Gasteiger partial charge is 0.462 e. The molecule has 1 fully saturated rings. The van der Waals surface area contributed by atoms with E-state index in [0.717, 1.165) is 0 Å². The third-order valence-corrected chi connectivity index (χ3v) is 8.29. The first-order chi connectivity index (χ1) is 18.5. The number of nitrogens with two attached hydrogens (primary N) is 1. The van der Waals surface area contributed by atoms with Crippen LogP contribution in [0, 0.1) is 12.3 Å². The molecule has 1 aliphatic heterocycles. The van der Waals surface area contributed by atoms with Crippen LogP contribution >= 0.6 is 6.64 Å². The molecular weight excluding hydrogens is 547 g/mol. The molecule has 0 aliphatic carbocycles. The quantitative estimate of drug-likeness (QED) is 0.154. The fourth-order valence-corrected chi connectivity index (χ4v) is 6.30. The highest BCUT2D eigenvalue weighted by atomic mass is 32.5. The molecule has 208 valence electrons. The molecule has 0 bridgehead atoms. The van der Waals surface area contributed by atoms with Crippen molar-refractivity contribution in [1.82, 2.24) is 24.6 Å². The molecular formula is C24H29N6O7PS. The Labute approximate surface area is 229 Å². The van der Waals surface area contributed by atoms with Crippen molar-refractivity contribution in [3.8, 4) is 18.1 Å². The third-order valence-electron chi connectivity index (χ3n) is 5.79. The molecule has 0 spiro atoms. The summed E-state index contributed by atoms with van der Waals surface area (Å²) in [5.74, 6) is 2.18. The van der Waals surface area contributed by atoms with Crippen LogP contribution in [0.2, 0.25) is 0 Å². The van der Waals surface area contributed by atoms with E-state index in [2.05, 4.69) is 26.0 Å². The number of carbonyl (C=O) groups is 1. The molecule has 15 heteroatoms. The molecule has 1 aliphatic rings. The number of benzene rings is 1. The van der Waals surface area contributed by atoms with E-state index in [1.165, 1.54) is 17.2 Å². The number of ether oxygens (including phenoxy) is 2. The van der Waals surface area contributed by atoms with E-state index in [1.54, 1.807) is 51.1 Å². The van der Waals surface area contributed by atoms with Gasteiger partial charge in [-0.2, -0.15) is 0 Å². The number of carbonyl (C=O) groups excluding carboxylic acids is 1. The highest BCUT2D eigenvalue weighted by Gasteiger charge is 2.56. The lowest BCUT2D eigenvalue weighted by molar-refractivity contribution is -0.149. The normalized spacial score (nSPS) is 25.2. The fourth-order valence-electron chi connectivity index (χ4n) is 3.89. The summed E-state index contributed by atoms with van der Waals surface area (Å²) < 4.78 is 24.5. The number of aliphatic hydroxyl groups excluding tert-OH is 1. The van der Waals surface area contributed by atoms with Gasteiger partial charge in [0, 0.05) is 0 Å². The molecule has 0 saturated carbocycles. The van der Waals surface area contributed by atoms with E-state index in [4.69, 9.17) is 42.5 Å². The predicted octanol–water partition coefficient (Wildman–Crippen LogP) is 1.28. The lowest BCUT2D eigenvalue weighted by Crippen LogP contribution is -2.46. The predicted molar refractivity (Wildman–Crippen MR) is 145 cm³/mol. The summed E-state index contributed by atoms with van der Waals surface area (Å²) in [6, 6.07) is 7.77. The van der Waals surface area contributed by atoms with E-state index in [1.807, 2.05) is 0 Å². The second-order valence-electron chi connectivity index (χ2n) is 9.06. The van der Waals surface area contributed by atoms with E-state index < -0.39 is 42.7 Å². The maximum atomic E-state index is 12.5. The van der Waals surface area contributed by atoms with Gasteiger partial charge in [-0.15, -0.1) is 6.42 Å². The van der Waals surface area contributed by atoms with Gasteiger partial charge in [0.05, 0.1) is 19.0 Å². The van der Waals surface area contributed by atoms with Gasteiger partial charge in [-0.3, -0.25) is 9.36 Å². The Hall–Kier alpha value is -3.15. The summed E-state index contributed by atoms with van der Waals surface area (Å²) in [4.78, 5) is 24.7. The van der Waals surface area contributed by atoms with Gasteiger partial charge in [0.25, 0.3) is 0 Å². The molecule has 2 unspecified atom stereocenters. The molecule has 2 aromatic heterocycles. The summed E-state index contributed by atoms with van der Waals surface area (Å²) in [6.45, 7) is 1.22. The average molecular weight is 577 g/mol. The van der Waals surface area contributed by atoms with Crippen molar-refractivity contribution in [2.24, 2.45) is 0 Å². The van der Waals surface area contributed by atoms with Crippen molar-refractivity contribution >= 4 is 41.4 Å². The number of aliphatic hydroxyl groups is 2. The molecule has 0 amide bonds. The van der Waals surface area contributed by atoms with Crippen molar-refractivity contribution in [3.05, 3.63) is 43.0 Å². The molecule has 6 atom stereocenters. The highest BCUT2D eigenvalue weighted by Crippen LogP contribution is 2.47. The molecule has 3 heterocycles. The van der Waals surface area contributed by atoms with Crippen molar-refractivity contribution in [2.75, 3.05) is 12.3 Å². The number of terminal acetylenes is 1. The van der Waals surface area contributed by atoms with Crippen LogP contribution in [-0.4, -0.2) is 72.3 Å². The van der Waals surface area contributed by atoms with Gasteiger partial charge in [-0.05, 0) is 44.7 Å². The van der Waals surface area contributed by atoms with Gasteiger partial charge in [0.1, 0.15) is 35.8 Å². The molecule has 0 radical (unpaired) electrons. The van der Waals surface area contributed by atoms with Crippen LogP contribution in [0.1, 0.15) is 27.0 Å². The van der Waals surface area contributed by atoms with Crippen molar-refractivity contribution in [1.29, 1.82) is 0 Å². The lowest BCUT2D eigenvalue weighted by Gasteiger charge is -2.28. The maximum Gasteiger partial charge on any atom is 0.323 e. The first-order valence-corrected chi connectivity index (χ1v) is 14.6. The fraction of sp³-hybridized carbons (Fsp3) is 0.417. The first kappa shape index (κ1) is 28.8. The van der Waals surface area contributed by atoms with E-state index in [9.17, 15) is 15.0 Å². The summed E-state index contributed by atoms with van der Waals surface area (Å²) in [7, 11) is 0. The summed E-state index contributed by atoms with van der Waals surface area (Å²) >= 11 is 5.70. The van der Waals surface area contributed by atoms with E-state index >= 15 is 0 Å². The van der Waals surface area contributed by atoms with Gasteiger partial charge in [-0.1, -0.05) is 24.1 Å². The van der Waals surface area contributed by atoms with Crippen LogP contribution in [0.4, 0.5) is 5.82 Å². The van der Waals surface area contributed by atoms with Gasteiger partial charge in [0.15, 0.2) is 23.3 Å². The summed E-state index contributed by atoms with van der Waals surface area (Å²) in [5.41, 5.74) is 4.19. The lowest BCUT2D eigenvalue weighted by atomic mass is 9.95. The van der Waals surface area contributed by atoms with Crippen LogP contribution < -0.4 is 15.3 Å². The molecule has 1 aromatic carbocycles. The topological polar surface area (TPSA) is 176 Å². The first-order valence-electron chi connectivity index (χ1n) is 11.9. The Morgan fingerprint density at radius 1 is 1.33 bits per heavy atom. The number of nitrogen functional groups attached to an aromatic ring is 1. The number of anilines is 1. The number of esters is 1. The monoisotopic (exact) mass is 576 g/mol. The van der Waals surface area contributed by atoms with Crippen molar-refractivity contribution < 1.29 is 33.5 Å². The molecule has 13 nitrogen and oxygen atoms in total. The van der Waals surface area contributed by atoms with Crippen LogP contribution in [0.3, 0.4) is 0 Å². The van der Waals surface area contributed by atoms with Gasteiger partial charge in [-0.25, -0.2) is 20.0 Å². The molecule has 1 saturated heterocycles. The van der Waals surface area contributed by atoms with Gasteiger partial charge < -0.3 is 34.5 Å². The standard InChI is InChI=1S/C24H29N6O7PS/c1-5-24(33)19(31)17(36-23(24)30-13-28-18-20(25)26-12-27-21(18)30)11-34-38(39,37-16-9-7-6-8-10-16)29-15(4)22(32)35-14(2)3/h1,6-10,12-15,17,19,23,31,33H,11H2,2-4H3,(H,29,39)(H2,25,26,27)/t15-,17?,19+,23+,24+,38?/m0/s1. The number of para-hydroxylation sites is 1. The number of fused-ring (bicyclic) bond motifs is 1. The summed E-state index contributed by atoms with van der Waals surface area (Å²) in [6.07, 6.45) is 3.79. The minimum Gasteiger partial charge on any atom is -0.462 e. The number of aromatic nitrogens is 4. The zero-order valence-electron chi connectivity index (χ0n) is 21.4. The van der Waals surface area contributed by atoms with Crippen molar-refractivity contribution in [2.45, 2.75) is 57.0 Å². The van der Waals surface area contributed by atoms with Gasteiger partial charge >= 0.3 is 12.6 Å². The zero-order chi connectivity index (χ0) is 28.4.